The standard InChI is InChI=1S/C17H12F4O4/c18-15-12(9-1-2-9)7-8-13(14(15)16(22)23)24-10-3-5-11(6-4-10)25-17(19,20)21/h3-9H,1-2H2,(H,22,23). The highest BCUT2D eigenvalue weighted by molar-refractivity contribution is 5.91. The Balaban J connectivity index is 1.85. The Hall–Kier alpha value is -2.77. The van der Waals surface area contributed by atoms with Crippen molar-refractivity contribution in [3.63, 3.8) is 0 Å². The van der Waals surface area contributed by atoms with E-state index in [0.717, 1.165) is 25.0 Å². The number of hydrogen-bond donors (Lipinski definition) is 1. The van der Waals surface area contributed by atoms with Crippen LogP contribution < -0.4 is 9.47 Å². The predicted molar refractivity (Wildman–Crippen MR) is 78.5 cm³/mol. The summed E-state index contributed by atoms with van der Waals surface area (Å²) in [7, 11) is 0. The van der Waals surface area contributed by atoms with Gasteiger partial charge in [-0.3, -0.25) is 0 Å². The van der Waals surface area contributed by atoms with Crippen LogP contribution >= 0.6 is 0 Å². The average molecular weight is 356 g/mol. The zero-order valence-electron chi connectivity index (χ0n) is 12.6. The number of carbonyl (C=O) groups is 1. The molecule has 25 heavy (non-hydrogen) atoms. The number of carboxylic acid groups (broad SMARTS) is 1. The van der Waals surface area contributed by atoms with Gasteiger partial charge in [-0.1, -0.05) is 6.07 Å². The Morgan fingerprint density at radius 1 is 1.04 bits per heavy atom. The van der Waals surface area contributed by atoms with E-state index in [-0.39, 0.29) is 17.4 Å². The number of hydrogen-bond acceptors (Lipinski definition) is 3. The van der Waals surface area contributed by atoms with Crippen LogP contribution in [0, 0.1) is 5.82 Å². The summed E-state index contributed by atoms with van der Waals surface area (Å²) in [5.41, 5.74) is -0.265. The molecule has 0 aliphatic heterocycles. The number of carboxylic acids is 1. The van der Waals surface area contributed by atoms with Crippen LogP contribution in [0.1, 0.15) is 34.7 Å². The zero-order valence-corrected chi connectivity index (χ0v) is 12.6. The fraction of sp³-hybridized carbons (Fsp3) is 0.235. The van der Waals surface area contributed by atoms with E-state index in [0.29, 0.717) is 5.56 Å². The summed E-state index contributed by atoms with van der Waals surface area (Å²) in [6, 6.07) is 7.17. The molecule has 1 N–H and O–H groups in total. The van der Waals surface area contributed by atoms with E-state index in [1.807, 2.05) is 0 Å². The van der Waals surface area contributed by atoms with Gasteiger partial charge in [0.15, 0.2) is 0 Å². The summed E-state index contributed by atoms with van der Waals surface area (Å²) in [4.78, 5) is 11.4. The highest BCUT2D eigenvalue weighted by Crippen LogP contribution is 2.43. The SMILES string of the molecule is O=C(O)c1c(Oc2ccc(OC(F)(F)F)cc2)ccc(C2CC2)c1F. The lowest BCUT2D eigenvalue weighted by molar-refractivity contribution is -0.274. The molecule has 0 atom stereocenters. The number of halogens is 4. The molecular weight excluding hydrogens is 344 g/mol. The summed E-state index contributed by atoms with van der Waals surface area (Å²) >= 11 is 0. The van der Waals surface area contributed by atoms with Crippen LogP contribution in [0.15, 0.2) is 36.4 Å². The van der Waals surface area contributed by atoms with Crippen LogP contribution in [0.25, 0.3) is 0 Å². The lowest BCUT2D eigenvalue weighted by atomic mass is 10.0. The van der Waals surface area contributed by atoms with Crippen molar-refractivity contribution in [3.05, 3.63) is 53.3 Å². The number of benzene rings is 2. The van der Waals surface area contributed by atoms with Crippen LogP contribution in [0.5, 0.6) is 17.2 Å². The van der Waals surface area contributed by atoms with Crippen molar-refractivity contribution in [2.45, 2.75) is 25.1 Å². The first-order chi connectivity index (χ1) is 11.7. The third-order valence-corrected chi connectivity index (χ3v) is 3.65. The van der Waals surface area contributed by atoms with E-state index in [4.69, 9.17) is 4.74 Å². The minimum Gasteiger partial charge on any atom is -0.477 e. The highest BCUT2D eigenvalue weighted by atomic mass is 19.4. The Bertz CT molecular complexity index is 796. The van der Waals surface area contributed by atoms with Gasteiger partial charge in [0, 0.05) is 0 Å². The van der Waals surface area contributed by atoms with E-state index >= 15 is 0 Å². The third kappa shape index (κ3) is 4.01. The summed E-state index contributed by atoms with van der Waals surface area (Å²) in [5.74, 6) is -2.93. The van der Waals surface area contributed by atoms with Gasteiger partial charge in [-0.25, -0.2) is 9.18 Å². The normalized spacial score (nSPS) is 14.2. The number of aromatic carboxylic acids is 1. The number of ether oxygens (including phenoxy) is 2. The highest BCUT2D eigenvalue weighted by Gasteiger charge is 2.32. The van der Waals surface area contributed by atoms with Gasteiger partial charge in [0.2, 0.25) is 0 Å². The molecule has 8 heteroatoms. The van der Waals surface area contributed by atoms with Crippen molar-refractivity contribution in [1.82, 2.24) is 0 Å². The average Bonchev–Trinajstić information content (AvgIpc) is 3.32. The quantitative estimate of drug-likeness (QED) is 0.758. The van der Waals surface area contributed by atoms with Crippen molar-refractivity contribution >= 4 is 5.97 Å². The molecule has 0 bridgehead atoms. The second-order valence-corrected chi connectivity index (χ2v) is 5.54. The molecule has 2 aromatic rings. The Morgan fingerprint density at radius 3 is 2.16 bits per heavy atom. The van der Waals surface area contributed by atoms with Gasteiger partial charge in [0.1, 0.15) is 28.6 Å². The van der Waals surface area contributed by atoms with Crippen molar-refractivity contribution in [1.29, 1.82) is 0 Å². The molecule has 1 aliphatic carbocycles. The maximum atomic E-state index is 14.4. The van der Waals surface area contributed by atoms with Gasteiger partial charge in [-0.2, -0.15) is 0 Å². The van der Waals surface area contributed by atoms with Gasteiger partial charge in [-0.15, -0.1) is 13.2 Å². The summed E-state index contributed by atoms with van der Waals surface area (Å²) < 4.78 is 59.9. The van der Waals surface area contributed by atoms with E-state index < -0.39 is 29.5 Å². The van der Waals surface area contributed by atoms with Gasteiger partial charge in [0.25, 0.3) is 0 Å². The second-order valence-electron chi connectivity index (χ2n) is 5.54. The number of alkyl halides is 3. The molecule has 0 radical (unpaired) electrons. The molecule has 2 aromatic carbocycles. The summed E-state index contributed by atoms with van der Waals surface area (Å²) in [6.07, 6.45) is -3.21. The smallest absolute Gasteiger partial charge is 0.477 e. The minimum atomic E-state index is -4.82. The van der Waals surface area contributed by atoms with Gasteiger partial charge in [-0.05, 0) is 54.7 Å². The van der Waals surface area contributed by atoms with Gasteiger partial charge in [0.05, 0.1) is 0 Å². The van der Waals surface area contributed by atoms with E-state index in [9.17, 15) is 27.5 Å². The molecular formula is C17H12F4O4. The largest absolute Gasteiger partial charge is 0.573 e. The molecule has 1 fully saturated rings. The van der Waals surface area contributed by atoms with E-state index in [1.165, 1.54) is 24.3 Å². The third-order valence-electron chi connectivity index (χ3n) is 3.65. The van der Waals surface area contributed by atoms with Crippen LogP contribution in [-0.4, -0.2) is 17.4 Å². The van der Waals surface area contributed by atoms with Crippen molar-refractivity contribution in [3.8, 4) is 17.2 Å². The second kappa shape index (κ2) is 6.27. The maximum absolute atomic E-state index is 14.4. The topological polar surface area (TPSA) is 55.8 Å². The number of rotatable bonds is 5. The van der Waals surface area contributed by atoms with Crippen molar-refractivity contribution in [2.24, 2.45) is 0 Å². The van der Waals surface area contributed by atoms with Crippen molar-refractivity contribution < 1.29 is 36.9 Å². The molecule has 132 valence electrons. The maximum Gasteiger partial charge on any atom is 0.573 e. The van der Waals surface area contributed by atoms with Crippen LogP contribution in [-0.2, 0) is 0 Å². The summed E-state index contributed by atoms with van der Waals surface area (Å²) in [5, 5.41) is 9.26. The Labute approximate surface area is 139 Å². The van der Waals surface area contributed by atoms with Crippen LogP contribution in [0.3, 0.4) is 0 Å². The Morgan fingerprint density at radius 2 is 1.64 bits per heavy atom. The molecule has 4 nitrogen and oxygen atoms in total. The first-order valence-corrected chi connectivity index (χ1v) is 7.34. The zero-order chi connectivity index (χ0) is 18.2. The predicted octanol–water partition coefficient (Wildman–Crippen LogP) is 5.09. The molecule has 1 aliphatic rings. The fourth-order valence-corrected chi connectivity index (χ4v) is 2.40. The van der Waals surface area contributed by atoms with Crippen LogP contribution in [0.4, 0.5) is 17.6 Å². The first-order valence-electron chi connectivity index (χ1n) is 7.34. The molecule has 0 aromatic heterocycles. The van der Waals surface area contributed by atoms with Gasteiger partial charge >= 0.3 is 12.3 Å². The Kier molecular flexibility index (Phi) is 4.28. The van der Waals surface area contributed by atoms with Crippen molar-refractivity contribution in [2.75, 3.05) is 0 Å². The molecule has 0 unspecified atom stereocenters. The molecule has 3 rings (SSSR count). The van der Waals surface area contributed by atoms with E-state index in [1.54, 1.807) is 0 Å². The summed E-state index contributed by atoms with van der Waals surface area (Å²) in [6.45, 7) is 0. The van der Waals surface area contributed by atoms with Gasteiger partial charge < -0.3 is 14.6 Å². The molecule has 1 saturated carbocycles. The van der Waals surface area contributed by atoms with Crippen LogP contribution in [0.2, 0.25) is 0 Å². The van der Waals surface area contributed by atoms with E-state index in [2.05, 4.69) is 4.74 Å². The molecule has 0 amide bonds. The molecule has 0 spiro atoms. The fourth-order valence-electron chi connectivity index (χ4n) is 2.40. The molecule has 0 saturated heterocycles. The monoisotopic (exact) mass is 356 g/mol. The first kappa shape index (κ1) is 17.1. The lowest BCUT2D eigenvalue weighted by Gasteiger charge is -2.13. The molecule has 0 heterocycles. The minimum absolute atomic E-state index is 0.0194. The lowest BCUT2D eigenvalue weighted by Crippen LogP contribution is -2.16.